The Morgan fingerprint density at radius 3 is 1.02 bits per heavy atom. The fourth-order valence-electron chi connectivity index (χ4n) is 7.33. The van der Waals surface area contributed by atoms with E-state index in [-0.39, 0.29) is 37.5 Å². The second kappa shape index (κ2) is 53.2. The second-order valence-electron chi connectivity index (χ2n) is 17.8. The molecule has 0 spiro atoms. The number of esters is 3. The van der Waals surface area contributed by atoms with Crippen LogP contribution in [0.2, 0.25) is 0 Å². The van der Waals surface area contributed by atoms with Crippen LogP contribution in [0, 0.1) is 0 Å². The molecule has 0 saturated carbocycles. The summed E-state index contributed by atoms with van der Waals surface area (Å²) in [6.45, 7) is 6.45. The van der Waals surface area contributed by atoms with E-state index in [1.807, 2.05) is 0 Å². The first-order valence-corrected chi connectivity index (χ1v) is 27.1. The zero-order chi connectivity index (χ0) is 47.2. The predicted octanol–water partition coefficient (Wildman–Crippen LogP) is 18.0. The quantitative estimate of drug-likeness (QED) is 0.0262. The molecule has 0 aliphatic carbocycles. The highest BCUT2D eigenvalue weighted by molar-refractivity contribution is 5.71. The van der Waals surface area contributed by atoms with Crippen molar-refractivity contribution in [2.75, 3.05) is 13.2 Å². The highest BCUT2D eigenvalue weighted by Crippen LogP contribution is 2.15. The van der Waals surface area contributed by atoms with Crippen molar-refractivity contribution in [1.29, 1.82) is 0 Å². The van der Waals surface area contributed by atoms with Gasteiger partial charge in [-0.2, -0.15) is 0 Å². The Bertz CT molecular complexity index is 1270. The van der Waals surface area contributed by atoms with Crippen LogP contribution >= 0.6 is 0 Å². The monoisotopic (exact) mass is 905 g/mol. The number of unbranched alkanes of at least 4 members (excludes halogenated alkanes) is 23. The highest BCUT2D eigenvalue weighted by atomic mass is 16.6. The normalized spacial score (nSPS) is 12.7. The van der Waals surface area contributed by atoms with E-state index < -0.39 is 6.10 Å². The van der Waals surface area contributed by atoms with Crippen molar-refractivity contribution in [1.82, 2.24) is 0 Å². The van der Waals surface area contributed by atoms with E-state index >= 15 is 0 Å². The Balaban J connectivity index is 4.43. The van der Waals surface area contributed by atoms with Crippen molar-refractivity contribution in [3.8, 4) is 0 Å². The molecule has 0 aliphatic rings. The van der Waals surface area contributed by atoms with Gasteiger partial charge in [-0.3, -0.25) is 14.4 Å². The third-order valence-electron chi connectivity index (χ3n) is 11.4. The summed E-state index contributed by atoms with van der Waals surface area (Å²) in [6, 6.07) is 0. The average molecular weight is 905 g/mol. The second-order valence-corrected chi connectivity index (χ2v) is 17.8. The van der Waals surface area contributed by atoms with Gasteiger partial charge in [-0.25, -0.2) is 0 Å². The summed E-state index contributed by atoms with van der Waals surface area (Å²) in [5, 5.41) is 0. The van der Waals surface area contributed by atoms with Crippen LogP contribution in [0.1, 0.15) is 252 Å². The molecule has 6 nitrogen and oxygen atoms in total. The van der Waals surface area contributed by atoms with Gasteiger partial charge in [0.2, 0.25) is 0 Å². The molecule has 0 unspecified atom stereocenters. The summed E-state index contributed by atoms with van der Waals surface area (Å²) in [5.74, 6) is -0.960. The lowest BCUT2D eigenvalue weighted by atomic mass is 10.1. The fourth-order valence-corrected chi connectivity index (χ4v) is 7.33. The first-order chi connectivity index (χ1) is 32.0. The minimum absolute atomic E-state index is 0.0990. The molecule has 0 aromatic rings. The molecule has 0 rings (SSSR count). The van der Waals surface area contributed by atoms with Gasteiger partial charge in [-0.05, 0) is 89.9 Å². The lowest BCUT2D eigenvalue weighted by Crippen LogP contribution is -2.30. The van der Waals surface area contributed by atoms with Crippen molar-refractivity contribution in [3.63, 3.8) is 0 Å². The zero-order valence-corrected chi connectivity index (χ0v) is 42.5. The van der Waals surface area contributed by atoms with Crippen molar-refractivity contribution >= 4 is 17.9 Å². The third-order valence-corrected chi connectivity index (χ3v) is 11.4. The Kier molecular flexibility index (Phi) is 50.4. The van der Waals surface area contributed by atoms with Crippen LogP contribution in [0.15, 0.2) is 85.1 Å². The van der Waals surface area contributed by atoms with Gasteiger partial charge in [-0.1, -0.05) is 228 Å². The molecule has 6 heteroatoms. The number of rotatable bonds is 48. The molecule has 0 saturated heterocycles. The van der Waals surface area contributed by atoms with Gasteiger partial charge in [0.15, 0.2) is 6.10 Å². The smallest absolute Gasteiger partial charge is 0.306 e. The van der Waals surface area contributed by atoms with Gasteiger partial charge in [0.1, 0.15) is 13.2 Å². The minimum atomic E-state index is -0.806. The Hall–Kier alpha value is -3.41. The molecule has 0 N–H and O–H groups in total. The summed E-state index contributed by atoms with van der Waals surface area (Å²) in [5.41, 5.74) is 0. The number of carbonyl (C=O) groups excluding carboxylic acids is 3. The molecule has 0 fully saturated rings. The van der Waals surface area contributed by atoms with E-state index in [1.54, 1.807) is 0 Å². The Labute approximate surface area is 401 Å². The number of ether oxygens (including phenoxy) is 3. The topological polar surface area (TPSA) is 78.9 Å². The lowest BCUT2D eigenvalue weighted by molar-refractivity contribution is -0.167. The van der Waals surface area contributed by atoms with Gasteiger partial charge < -0.3 is 14.2 Å². The summed E-state index contributed by atoms with van der Waals surface area (Å²) in [7, 11) is 0. The van der Waals surface area contributed by atoms with Crippen LogP contribution in [0.5, 0.6) is 0 Å². The molecule has 65 heavy (non-hydrogen) atoms. The number of hydrogen-bond acceptors (Lipinski definition) is 6. The van der Waals surface area contributed by atoms with Crippen molar-refractivity contribution in [3.05, 3.63) is 85.1 Å². The number of carbonyl (C=O) groups is 3. The Morgan fingerprint density at radius 2 is 0.615 bits per heavy atom. The van der Waals surface area contributed by atoms with Gasteiger partial charge in [-0.15, -0.1) is 0 Å². The number of hydrogen-bond donors (Lipinski definition) is 0. The highest BCUT2D eigenvalue weighted by Gasteiger charge is 2.19. The van der Waals surface area contributed by atoms with Crippen molar-refractivity contribution in [2.45, 2.75) is 258 Å². The van der Waals surface area contributed by atoms with Crippen molar-refractivity contribution < 1.29 is 28.6 Å². The van der Waals surface area contributed by atoms with Crippen LogP contribution < -0.4 is 0 Å². The molecule has 0 aliphatic heterocycles. The molecular weight excluding hydrogens is 805 g/mol. The van der Waals surface area contributed by atoms with E-state index in [9.17, 15) is 14.4 Å². The molecular formula is C59H100O6. The Morgan fingerprint density at radius 1 is 0.323 bits per heavy atom. The van der Waals surface area contributed by atoms with Gasteiger partial charge in [0, 0.05) is 19.3 Å². The van der Waals surface area contributed by atoms with E-state index in [0.29, 0.717) is 19.3 Å². The van der Waals surface area contributed by atoms with Gasteiger partial charge in [0.05, 0.1) is 0 Å². The van der Waals surface area contributed by atoms with E-state index in [1.165, 1.54) is 122 Å². The minimum Gasteiger partial charge on any atom is -0.462 e. The molecule has 1 atom stereocenters. The fraction of sp³-hybridized carbons (Fsp3) is 0.712. The summed E-state index contributed by atoms with van der Waals surface area (Å²) < 4.78 is 16.8. The van der Waals surface area contributed by atoms with Gasteiger partial charge in [0.25, 0.3) is 0 Å². The van der Waals surface area contributed by atoms with Crippen LogP contribution in [-0.4, -0.2) is 37.2 Å². The molecule has 372 valence electrons. The van der Waals surface area contributed by atoms with Gasteiger partial charge >= 0.3 is 17.9 Å². The molecule has 0 amide bonds. The van der Waals surface area contributed by atoms with Crippen molar-refractivity contribution in [2.24, 2.45) is 0 Å². The average Bonchev–Trinajstić information content (AvgIpc) is 3.30. The first-order valence-electron chi connectivity index (χ1n) is 27.1. The third kappa shape index (κ3) is 51.4. The molecule has 0 heterocycles. The van der Waals surface area contributed by atoms with Crippen LogP contribution in [0.25, 0.3) is 0 Å². The lowest BCUT2D eigenvalue weighted by Gasteiger charge is -2.18. The maximum Gasteiger partial charge on any atom is 0.306 e. The largest absolute Gasteiger partial charge is 0.462 e. The maximum atomic E-state index is 12.8. The van der Waals surface area contributed by atoms with Crippen LogP contribution in [-0.2, 0) is 28.6 Å². The number of allylic oxidation sites excluding steroid dienone is 14. The van der Waals surface area contributed by atoms with E-state index in [0.717, 1.165) is 83.5 Å². The zero-order valence-electron chi connectivity index (χ0n) is 42.5. The van der Waals surface area contributed by atoms with E-state index in [2.05, 4.69) is 106 Å². The predicted molar refractivity (Wildman–Crippen MR) is 279 cm³/mol. The molecule has 0 aromatic carbocycles. The maximum absolute atomic E-state index is 12.8. The van der Waals surface area contributed by atoms with E-state index in [4.69, 9.17) is 14.2 Å². The van der Waals surface area contributed by atoms with Crippen LogP contribution in [0.3, 0.4) is 0 Å². The molecule has 0 radical (unpaired) electrons. The summed E-state index contributed by atoms with van der Waals surface area (Å²) >= 11 is 0. The standard InChI is InChI=1S/C59H100O6/c1-4-7-10-13-16-19-22-24-26-28-29-31-32-34-37-40-43-46-49-52-58(61)64-55-56(54-63-57(60)51-48-45-42-39-36-21-18-15-12-9-6-3)65-59(62)53-50-47-44-41-38-35-33-30-27-25-23-20-17-14-11-8-5-2/h8,11,16-17,19-20,24-27,33,35,41,44,56H,4-7,9-10,12-15,18,21-23,28-32,34,36-40,42-43,45-55H2,1-3H3/b11-8-,19-16-,20-17-,26-24-,27-25-,35-33-,44-41-/t56-/m1/s1. The first kappa shape index (κ1) is 61.6. The SMILES string of the molecule is CC/C=C\C/C=C\C/C=C\C/C=C\C/C=C\CCCC(=O)O[C@@H](COC(=O)CCCCCCCCCCC/C=C\C/C=C\CCCCC)COC(=O)CCCCCCCCCCCCC. The summed E-state index contributed by atoms with van der Waals surface area (Å²) in [6.07, 6.45) is 68.6. The summed E-state index contributed by atoms with van der Waals surface area (Å²) in [4.78, 5) is 38.0. The molecule has 0 bridgehead atoms. The molecule has 0 aromatic heterocycles. The van der Waals surface area contributed by atoms with Crippen LogP contribution in [0.4, 0.5) is 0 Å².